The van der Waals surface area contributed by atoms with Gasteiger partial charge in [0.05, 0.1) is 11.9 Å². The Morgan fingerprint density at radius 2 is 1.80 bits per heavy atom. The predicted octanol–water partition coefficient (Wildman–Crippen LogP) is 3.93. The molecule has 0 spiro atoms. The number of imidazole rings is 1. The van der Waals surface area contributed by atoms with Crippen LogP contribution in [0.15, 0.2) is 59.7 Å². The first-order chi connectivity index (χ1) is 14.2. The average Bonchev–Trinajstić information content (AvgIpc) is 3.07. The molecule has 4 rings (SSSR count). The van der Waals surface area contributed by atoms with Crippen molar-refractivity contribution in [2.45, 2.75) is 19.0 Å². The maximum absolute atomic E-state index is 13.3. The van der Waals surface area contributed by atoms with Crippen molar-refractivity contribution in [1.29, 1.82) is 0 Å². The van der Waals surface area contributed by atoms with E-state index in [2.05, 4.69) is 9.97 Å². The topological polar surface area (TPSA) is 52.2 Å². The molecule has 0 saturated heterocycles. The van der Waals surface area contributed by atoms with Crippen LogP contribution < -0.4 is 5.56 Å². The Bertz CT molecular complexity index is 1270. The minimum Gasteiger partial charge on any atom is -0.312 e. The van der Waals surface area contributed by atoms with Gasteiger partial charge in [0, 0.05) is 30.9 Å². The third-order valence-corrected chi connectivity index (χ3v) is 4.81. The number of hydrogen-bond acceptors (Lipinski definition) is 3. The summed E-state index contributed by atoms with van der Waals surface area (Å²) in [6.07, 6.45) is -2.66. The van der Waals surface area contributed by atoms with E-state index >= 15 is 0 Å². The highest BCUT2D eigenvalue weighted by molar-refractivity contribution is 5.59. The predicted molar refractivity (Wildman–Crippen MR) is 103 cm³/mol. The Hall–Kier alpha value is -3.49. The van der Waals surface area contributed by atoms with Gasteiger partial charge in [-0.2, -0.15) is 17.6 Å². The lowest BCUT2D eigenvalue weighted by Crippen LogP contribution is -2.23. The van der Waals surface area contributed by atoms with Gasteiger partial charge in [0.1, 0.15) is 17.8 Å². The summed E-state index contributed by atoms with van der Waals surface area (Å²) in [7, 11) is 1.57. The highest BCUT2D eigenvalue weighted by Gasteiger charge is 2.30. The van der Waals surface area contributed by atoms with Crippen LogP contribution in [0.2, 0.25) is 0 Å². The summed E-state index contributed by atoms with van der Waals surface area (Å²) in [5.74, 6) is -0.807. The van der Waals surface area contributed by atoms with Crippen LogP contribution in [-0.2, 0) is 19.9 Å². The Kier molecular flexibility index (Phi) is 4.89. The lowest BCUT2D eigenvalue weighted by Gasteiger charge is -2.12. The van der Waals surface area contributed by atoms with Crippen LogP contribution in [0.4, 0.5) is 17.6 Å². The molecule has 0 N–H and O–H groups in total. The van der Waals surface area contributed by atoms with Gasteiger partial charge in [-0.1, -0.05) is 30.3 Å². The van der Waals surface area contributed by atoms with E-state index in [0.717, 1.165) is 17.3 Å². The standard InChI is InChI=1S/C21H16F4N4O/c1-28-15(12-29-17(20(28)30)11-26-19(29)10-21(23,24)25)9-13-5-7-14(8-6-13)16-3-2-4-18(22)27-16/h2-8,11-12H,9-10H2,1H3. The van der Waals surface area contributed by atoms with E-state index in [4.69, 9.17) is 0 Å². The van der Waals surface area contributed by atoms with Crippen molar-refractivity contribution in [2.24, 2.45) is 7.05 Å². The van der Waals surface area contributed by atoms with Gasteiger partial charge in [-0.05, 0) is 17.7 Å². The summed E-state index contributed by atoms with van der Waals surface area (Å²) < 4.78 is 54.4. The molecule has 3 aromatic heterocycles. The molecule has 0 fully saturated rings. The highest BCUT2D eigenvalue weighted by Crippen LogP contribution is 2.22. The molecule has 0 atom stereocenters. The molecule has 1 aromatic carbocycles. The van der Waals surface area contributed by atoms with Crippen LogP contribution in [0.3, 0.4) is 0 Å². The summed E-state index contributed by atoms with van der Waals surface area (Å²) in [5.41, 5.74) is 2.25. The Morgan fingerprint density at radius 1 is 1.07 bits per heavy atom. The molecule has 0 aliphatic heterocycles. The summed E-state index contributed by atoms with van der Waals surface area (Å²) >= 11 is 0. The SMILES string of the molecule is Cn1c(Cc2ccc(-c3cccc(F)n3)cc2)cn2c(CC(F)(F)F)ncc2c1=O. The van der Waals surface area contributed by atoms with E-state index in [1.54, 1.807) is 43.4 Å². The van der Waals surface area contributed by atoms with Gasteiger partial charge in [0.25, 0.3) is 5.56 Å². The Balaban J connectivity index is 1.67. The fourth-order valence-electron chi connectivity index (χ4n) is 3.29. The molecule has 5 nitrogen and oxygen atoms in total. The first kappa shape index (κ1) is 19.8. The van der Waals surface area contributed by atoms with E-state index in [9.17, 15) is 22.4 Å². The van der Waals surface area contributed by atoms with Crippen LogP contribution in [0.25, 0.3) is 16.8 Å². The second-order valence-electron chi connectivity index (χ2n) is 6.93. The van der Waals surface area contributed by atoms with E-state index in [0.29, 0.717) is 17.8 Å². The first-order valence-corrected chi connectivity index (χ1v) is 9.05. The van der Waals surface area contributed by atoms with Crippen LogP contribution in [0.5, 0.6) is 0 Å². The summed E-state index contributed by atoms with van der Waals surface area (Å²) in [6, 6.07) is 11.7. The van der Waals surface area contributed by atoms with Gasteiger partial charge in [-0.15, -0.1) is 0 Å². The number of halogens is 4. The number of fused-ring (bicyclic) bond motifs is 1. The van der Waals surface area contributed by atoms with E-state index in [1.807, 2.05) is 0 Å². The van der Waals surface area contributed by atoms with Crippen LogP contribution >= 0.6 is 0 Å². The largest absolute Gasteiger partial charge is 0.396 e. The molecular formula is C21H16F4N4O. The zero-order valence-electron chi connectivity index (χ0n) is 15.8. The van der Waals surface area contributed by atoms with Gasteiger partial charge in [-0.3, -0.25) is 9.20 Å². The van der Waals surface area contributed by atoms with Crippen LogP contribution in [0, 0.1) is 5.95 Å². The zero-order chi connectivity index (χ0) is 21.5. The number of hydrogen-bond donors (Lipinski definition) is 0. The molecule has 30 heavy (non-hydrogen) atoms. The van der Waals surface area contributed by atoms with Crippen molar-refractivity contribution in [1.82, 2.24) is 18.9 Å². The van der Waals surface area contributed by atoms with Gasteiger partial charge in [0.15, 0.2) is 0 Å². The van der Waals surface area contributed by atoms with Gasteiger partial charge in [-0.25, -0.2) is 9.97 Å². The molecule has 0 aliphatic carbocycles. The maximum Gasteiger partial charge on any atom is 0.396 e. The van der Waals surface area contributed by atoms with Gasteiger partial charge in [0.2, 0.25) is 5.95 Å². The minimum absolute atomic E-state index is 0.0908. The maximum atomic E-state index is 13.3. The lowest BCUT2D eigenvalue weighted by atomic mass is 10.1. The zero-order valence-corrected chi connectivity index (χ0v) is 15.8. The monoisotopic (exact) mass is 416 g/mol. The molecule has 154 valence electrons. The molecule has 3 heterocycles. The fourth-order valence-corrected chi connectivity index (χ4v) is 3.29. The molecule has 0 saturated carbocycles. The number of nitrogens with zero attached hydrogens (tertiary/aromatic N) is 4. The number of rotatable bonds is 4. The van der Waals surface area contributed by atoms with Gasteiger partial charge < -0.3 is 4.57 Å². The van der Waals surface area contributed by atoms with E-state index in [1.165, 1.54) is 21.2 Å². The molecule has 0 radical (unpaired) electrons. The summed E-state index contributed by atoms with van der Waals surface area (Å²) in [5, 5.41) is 0. The van der Waals surface area contributed by atoms with Crippen molar-refractivity contribution < 1.29 is 17.6 Å². The molecule has 0 aliphatic rings. The first-order valence-electron chi connectivity index (χ1n) is 9.05. The fraction of sp³-hybridized carbons (Fsp3) is 0.190. The molecular weight excluding hydrogens is 400 g/mol. The minimum atomic E-state index is -4.43. The smallest absolute Gasteiger partial charge is 0.312 e. The quantitative estimate of drug-likeness (QED) is 0.374. The highest BCUT2D eigenvalue weighted by atomic mass is 19.4. The normalized spacial score (nSPS) is 11.9. The van der Waals surface area contributed by atoms with E-state index < -0.39 is 24.1 Å². The lowest BCUT2D eigenvalue weighted by molar-refractivity contribution is -0.128. The van der Waals surface area contributed by atoms with Crippen LogP contribution in [-0.4, -0.2) is 25.1 Å². The molecule has 4 aromatic rings. The molecule has 9 heteroatoms. The van der Waals surface area contributed by atoms with E-state index in [-0.39, 0.29) is 11.3 Å². The second-order valence-corrected chi connectivity index (χ2v) is 6.93. The Morgan fingerprint density at radius 3 is 2.47 bits per heavy atom. The third-order valence-electron chi connectivity index (χ3n) is 4.81. The van der Waals surface area contributed by atoms with Gasteiger partial charge >= 0.3 is 6.18 Å². The van der Waals surface area contributed by atoms with Crippen LogP contribution in [0.1, 0.15) is 17.1 Å². The third kappa shape index (κ3) is 3.96. The number of benzene rings is 1. The molecule has 0 unspecified atom stereocenters. The average molecular weight is 416 g/mol. The van der Waals surface area contributed by atoms with Crippen molar-refractivity contribution in [3.05, 3.63) is 88.2 Å². The van der Waals surface area contributed by atoms with Crippen molar-refractivity contribution in [3.8, 4) is 11.3 Å². The number of aromatic nitrogens is 4. The number of pyridine rings is 1. The number of alkyl halides is 3. The second kappa shape index (κ2) is 7.40. The van der Waals surface area contributed by atoms with Crippen molar-refractivity contribution in [3.63, 3.8) is 0 Å². The molecule has 0 amide bonds. The van der Waals surface area contributed by atoms with Crippen molar-refractivity contribution in [2.75, 3.05) is 0 Å². The Labute approximate surface area is 168 Å². The summed E-state index contributed by atoms with van der Waals surface area (Å²) in [4.78, 5) is 20.2. The van der Waals surface area contributed by atoms with Crippen molar-refractivity contribution >= 4 is 5.52 Å². The molecule has 0 bridgehead atoms. The summed E-state index contributed by atoms with van der Waals surface area (Å²) in [6.45, 7) is 0.